The van der Waals surface area contributed by atoms with Crippen LogP contribution in [-0.2, 0) is 0 Å². The van der Waals surface area contributed by atoms with Crippen LogP contribution in [0.25, 0.3) is 0 Å². The molecule has 1 aromatic rings. The fraction of sp³-hybridized carbons (Fsp3) is 0.667. The van der Waals surface area contributed by atoms with Crippen LogP contribution < -0.4 is 0 Å². The van der Waals surface area contributed by atoms with Crippen LogP contribution in [0.2, 0.25) is 5.02 Å². The summed E-state index contributed by atoms with van der Waals surface area (Å²) < 4.78 is 0. The van der Waals surface area contributed by atoms with E-state index >= 15 is 0 Å². The summed E-state index contributed by atoms with van der Waals surface area (Å²) in [6.45, 7) is 7.26. The molecule has 0 aliphatic heterocycles. The predicted molar refractivity (Wildman–Crippen MR) is 91.9 cm³/mol. The average molecular weight is 312 g/mol. The van der Waals surface area contributed by atoms with E-state index in [-0.39, 0.29) is 0 Å². The number of halogens is 1. The highest BCUT2D eigenvalue weighted by atomic mass is 35.5. The minimum Gasteiger partial charge on any atom is -0.387 e. The summed E-state index contributed by atoms with van der Waals surface area (Å²) in [7, 11) is 0. The first-order valence-electron chi connectivity index (χ1n) is 8.33. The van der Waals surface area contributed by atoms with Crippen molar-refractivity contribution in [2.45, 2.75) is 58.5 Å². The summed E-state index contributed by atoms with van der Waals surface area (Å²) in [5.74, 6) is 0. The number of aliphatic hydroxyl groups is 1. The maximum Gasteiger partial charge on any atom is 0.0931 e. The highest BCUT2D eigenvalue weighted by Crippen LogP contribution is 2.23. The van der Waals surface area contributed by atoms with Crippen LogP contribution in [0.4, 0.5) is 0 Å². The van der Waals surface area contributed by atoms with Crippen molar-refractivity contribution in [2.24, 2.45) is 0 Å². The van der Waals surface area contributed by atoms with Gasteiger partial charge in [0.2, 0.25) is 0 Å². The van der Waals surface area contributed by atoms with Crippen molar-refractivity contribution in [2.75, 3.05) is 19.6 Å². The zero-order chi connectivity index (χ0) is 15.5. The highest BCUT2D eigenvalue weighted by molar-refractivity contribution is 6.31. The second-order valence-corrected chi connectivity index (χ2v) is 6.16. The largest absolute Gasteiger partial charge is 0.387 e. The molecule has 1 unspecified atom stereocenters. The molecule has 0 aromatic heterocycles. The predicted octanol–water partition coefficient (Wildman–Crippen LogP) is 5.06. The smallest absolute Gasteiger partial charge is 0.0931 e. The molecule has 0 saturated heterocycles. The third-order valence-corrected chi connectivity index (χ3v) is 4.20. The molecule has 0 aliphatic rings. The number of hydrogen-bond donors (Lipinski definition) is 1. The average Bonchev–Trinajstić information content (AvgIpc) is 2.48. The summed E-state index contributed by atoms with van der Waals surface area (Å²) in [5.41, 5.74) is 0.843. The molecule has 1 N–H and O–H groups in total. The molecule has 0 aliphatic carbocycles. The van der Waals surface area contributed by atoms with Gasteiger partial charge < -0.3 is 10.0 Å². The lowest BCUT2D eigenvalue weighted by molar-refractivity contribution is 0.110. The normalized spacial score (nSPS) is 12.8. The Hall–Kier alpha value is -0.570. The molecule has 0 spiro atoms. The van der Waals surface area contributed by atoms with Gasteiger partial charge >= 0.3 is 0 Å². The quantitative estimate of drug-likeness (QED) is 0.578. The summed E-state index contributed by atoms with van der Waals surface area (Å²) in [6, 6.07) is 7.60. The zero-order valence-electron chi connectivity index (χ0n) is 13.5. The molecule has 0 heterocycles. The molecular formula is C18H30ClNO. The van der Waals surface area contributed by atoms with Crippen LogP contribution in [0.1, 0.15) is 64.0 Å². The van der Waals surface area contributed by atoms with Crippen LogP contribution in [0.5, 0.6) is 0 Å². The zero-order valence-corrected chi connectivity index (χ0v) is 14.3. The molecule has 1 aromatic carbocycles. The lowest BCUT2D eigenvalue weighted by Crippen LogP contribution is -2.31. The van der Waals surface area contributed by atoms with Crippen LogP contribution in [-0.4, -0.2) is 29.6 Å². The molecule has 21 heavy (non-hydrogen) atoms. The van der Waals surface area contributed by atoms with Gasteiger partial charge in [-0.25, -0.2) is 0 Å². The van der Waals surface area contributed by atoms with Gasteiger partial charge in [-0.2, -0.15) is 0 Å². The Labute approximate surface area is 135 Å². The summed E-state index contributed by atoms with van der Waals surface area (Å²) >= 11 is 6.18. The number of benzene rings is 1. The molecule has 120 valence electrons. The van der Waals surface area contributed by atoms with Crippen molar-refractivity contribution < 1.29 is 5.11 Å². The molecule has 0 fully saturated rings. The molecule has 0 bridgehead atoms. The SMILES string of the molecule is CCCCCN(CCCCC)CC(O)c1ccccc1Cl. The van der Waals surface area contributed by atoms with Crippen molar-refractivity contribution in [1.82, 2.24) is 4.90 Å². The van der Waals surface area contributed by atoms with Gasteiger partial charge in [0.1, 0.15) is 0 Å². The third-order valence-electron chi connectivity index (χ3n) is 3.85. The van der Waals surface area contributed by atoms with E-state index in [1.54, 1.807) is 0 Å². The Morgan fingerprint density at radius 2 is 1.57 bits per heavy atom. The molecule has 0 radical (unpaired) electrons. The molecule has 1 rings (SSSR count). The Bertz CT molecular complexity index is 373. The van der Waals surface area contributed by atoms with Gasteiger partial charge in [0, 0.05) is 17.1 Å². The van der Waals surface area contributed by atoms with Gasteiger partial charge in [0.05, 0.1) is 6.10 Å². The van der Waals surface area contributed by atoms with Crippen LogP contribution in [0.3, 0.4) is 0 Å². The standard InChI is InChI=1S/C18H30ClNO/c1-3-5-9-13-20(14-10-6-4-2)15-18(21)16-11-7-8-12-17(16)19/h7-8,11-12,18,21H,3-6,9-10,13-15H2,1-2H3. The van der Waals surface area contributed by atoms with E-state index in [0.29, 0.717) is 11.6 Å². The number of rotatable bonds is 11. The summed E-state index contributed by atoms with van der Waals surface area (Å²) in [4.78, 5) is 2.39. The monoisotopic (exact) mass is 311 g/mol. The van der Waals surface area contributed by atoms with Crippen LogP contribution in [0, 0.1) is 0 Å². The lowest BCUT2D eigenvalue weighted by Gasteiger charge is -2.25. The summed E-state index contributed by atoms with van der Waals surface area (Å²) in [6.07, 6.45) is 6.89. The molecular weight excluding hydrogens is 282 g/mol. The van der Waals surface area contributed by atoms with Crippen molar-refractivity contribution in [1.29, 1.82) is 0 Å². The molecule has 0 saturated carbocycles. The van der Waals surface area contributed by atoms with Crippen LogP contribution >= 0.6 is 11.6 Å². The van der Waals surface area contributed by atoms with Gasteiger partial charge in [-0.15, -0.1) is 0 Å². The first kappa shape index (κ1) is 18.5. The Morgan fingerprint density at radius 1 is 1.00 bits per heavy atom. The molecule has 1 atom stereocenters. The van der Waals surface area contributed by atoms with Crippen molar-refractivity contribution >= 4 is 11.6 Å². The number of nitrogens with zero attached hydrogens (tertiary/aromatic N) is 1. The van der Waals surface area contributed by atoms with E-state index in [1.807, 2.05) is 24.3 Å². The number of hydrogen-bond acceptors (Lipinski definition) is 2. The Morgan fingerprint density at radius 3 is 2.10 bits per heavy atom. The number of unbranched alkanes of at least 4 members (excludes halogenated alkanes) is 4. The fourth-order valence-corrected chi connectivity index (χ4v) is 2.82. The topological polar surface area (TPSA) is 23.5 Å². The molecule has 0 amide bonds. The van der Waals surface area contributed by atoms with E-state index in [0.717, 1.165) is 18.7 Å². The third kappa shape index (κ3) is 7.30. The van der Waals surface area contributed by atoms with Gasteiger partial charge in [0.15, 0.2) is 0 Å². The fourth-order valence-electron chi connectivity index (χ4n) is 2.55. The number of aliphatic hydroxyl groups excluding tert-OH is 1. The maximum absolute atomic E-state index is 10.5. The molecule has 3 heteroatoms. The van der Waals surface area contributed by atoms with Crippen molar-refractivity contribution in [3.05, 3.63) is 34.9 Å². The van der Waals surface area contributed by atoms with Crippen LogP contribution in [0.15, 0.2) is 24.3 Å². The van der Waals surface area contributed by atoms with E-state index < -0.39 is 6.10 Å². The second kappa shape index (κ2) is 11.1. The Kier molecular flexibility index (Phi) is 9.73. The lowest BCUT2D eigenvalue weighted by atomic mass is 10.1. The first-order chi connectivity index (χ1) is 10.2. The van der Waals surface area contributed by atoms with E-state index in [9.17, 15) is 5.11 Å². The summed E-state index contributed by atoms with van der Waals surface area (Å²) in [5, 5.41) is 11.1. The van der Waals surface area contributed by atoms with E-state index in [4.69, 9.17) is 11.6 Å². The minimum atomic E-state index is -0.498. The van der Waals surface area contributed by atoms with E-state index in [2.05, 4.69) is 18.7 Å². The van der Waals surface area contributed by atoms with Gasteiger partial charge in [-0.05, 0) is 32.0 Å². The highest BCUT2D eigenvalue weighted by Gasteiger charge is 2.15. The van der Waals surface area contributed by atoms with Gasteiger partial charge in [-0.1, -0.05) is 69.3 Å². The minimum absolute atomic E-state index is 0.498. The molecule has 2 nitrogen and oxygen atoms in total. The Balaban J connectivity index is 2.54. The maximum atomic E-state index is 10.5. The van der Waals surface area contributed by atoms with Gasteiger partial charge in [-0.3, -0.25) is 0 Å². The first-order valence-corrected chi connectivity index (χ1v) is 8.71. The second-order valence-electron chi connectivity index (χ2n) is 5.75. The van der Waals surface area contributed by atoms with E-state index in [1.165, 1.54) is 38.5 Å². The van der Waals surface area contributed by atoms with Crippen molar-refractivity contribution in [3.63, 3.8) is 0 Å². The van der Waals surface area contributed by atoms with Gasteiger partial charge in [0.25, 0.3) is 0 Å². The van der Waals surface area contributed by atoms with Crippen molar-refractivity contribution in [3.8, 4) is 0 Å².